The number of esters is 1. The molecule has 1 fully saturated rings. The van der Waals surface area contributed by atoms with Crippen LogP contribution in [-0.2, 0) is 9.53 Å². The van der Waals surface area contributed by atoms with E-state index in [1.165, 1.54) is 0 Å². The van der Waals surface area contributed by atoms with Crippen LogP contribution < -0.4 is 0 Å². The molecule has 0 aliphatic heterocycles. The highest BCUT2D eigenvalue weighted by Gasteiger charge is 3.08. The van der Waals surface area contributed by atoms with Gasteiger partial charge in [0.2, 0.25) is 0 Å². The molecule has 0 radical (unpaired) electrons. The first-order valence-electron chi connectivity index (χ1n) is 12.8. The Morgan fingerprint density at radius 3 is 0.763 bits per heavy atom. The molecule has 59 heavy (non-hydrogen) atoms. The van der Waals surface area contributed by atoms with Crippen molar-refractivity contribution in [3.63, 3.8) is 0 Å². The molecule has 1 aliphatic rings. The molecule has 0 N–H and O–H groups in total. The molecule has 0 unspecified atom stereocenters. The fraction of sp³-hybridized carbons (Fsp3) is 0.864. The summed E-state index contributed by atoms with van der Waals surface area (Å²) in [6.45, 7) is 2.27. The lowest BCUT2D eigenvalue weighted by Crippen LogP contribution is -2.84. The zero-order chi connectivity index (χ0) is 48.9. The van der Waals surface area contributed by atoms with Crippen LogP contribution in [0.1, 0.15) is 6.92 Å². The largest absolute Gasteiger partial charge is 0.473 e. The zero-order valence-corrected chi connectivity index (χ0v) is 25.8. The topological polar surface area (TPSA) is 26.3 Å². The van der Waals surface area contributed by atoms with Gasteiger partial charge in [-0.3, -0.25) is 0 Å². The fourth-order valence-corrected chi connectivity index (χ4v) is 4.06. The van der Waals surface area contributed by atoms with E-state index < -0.39 is 118 Å². The molecule has 0 spiro atoms. The van der Waals surface area contributed by atoms with Gasteiger partial charge in [0.15, 0.2) is 0 Å². The smallest absolute Gasteiger partial charge is 0.393 e. The van der Waals surface area contributed by atoms with Crippen molar-refractivity contribution in [2.75, 3.05) is 0 Å². The number of hydrogen-bond donors (Lipinski definition) is 0. The van der Waals surface area contributed by atoms with Gasteiger partial charge in [0.25, 0.3) is 0 Å². The molecule has 0 aromatic carbocycles. The minimum absolute atomic E-state index is 0.0470. The van der Waals surface area contributed by atoms with E-state index in [4.69, 9.17) is 0 Å². The van der Waals surface area contributed by atoms with E-state index in [1.807, 2.05) is 0 Å². The maximum atomic E-state index is 15.2. The van der Waals surface area contributed by atoms with Crippen LogP contribution in [0.4, 0.5) is 154 Å². The SMILES string of the molecule is C=C(C)C(=O)OC(F)(F)C(F)(F)C(F)(F)C(F)(F)C(F)(F)C(F)(F)C(F)(F)C(F)(F)C(F)(F)C1(F)C(F)(F)C(F)(F)C(F)(F)C(F)(F)C(F)(F)C(F)(F)C(F)(F)C1(F)F. The monoisotopic (exact) mass is 966 g/mol. The minimum Gasteiger partial charge on any atom is -0.393 e. The highest BCUT2D eigenvalue weighted by Crippen LogP contribution is 2.75. The van der Waals surface area contributed by atoms with E-state index in [2.05, 4.69) is 11.3 Å². The molecule has 0 saturated heterocycles. The van der Waals surface area contributed by atoms with E-state index in [1.54, 1.807) is 0 Å². The van der Waals surface area contributed by atoms with Crippen molar-refractivity contribution >= 4 is 5.97 Å². The number of hydrogen-bond acceptors (Lipinski definition) is 2. The van der Waals surface area contributed by atoms with Crippen LogP contribution in [0.5, 0.6) is 0 Å². The van der Waals surface area contributed by atoms with Gasteiger partial charge in [-0.15, -0.1) is 0 Å². The van der Waals surface area contributed by atoms with Gasteiger partial charge >= 0.3 is 113 Å². The summed E-state index contributed by atoms with van der Waals surface area (Å²) in [7, 11) is 0. The van der Waals surface area contributed by atoms with Gasteiger partial charge in [-0.2, -0.15) is 149 Å². The van der Waals surface area contributed by atoms with Crippen molar-refractivity contribution in [3.05, 3.63) is 12.2 Å². The number of rotatable bonds is 11. The average Bonchev–Trinajstić information content (AvgIpc) is 3.01. The number of alkyl halides is 35. The van der Waals surface area contributed by atoms with Gasteiger partial charge in [0.05, 0.1) is 0 Å². The van der Waals surface area contributed by atoms with Gasteiger partial charge in [-0.25, -0.2) is 9.18 Å². The van der Waals surface area contributed by atoms with E-state index in [0.29, 0.717) is 0 Å². The number of carbonyl (C=O) groups is 1. The lowest BCUT2D eigenvalue weighted by atomic mass is 9.72. The maximum Gasteiger partial charge on any atom is 0.473 e. The van der Waals surface area contributed by atoms with E-state index >= 15 is 4.39 Å². The highest BCUT2D eigenvalue weighted by atomic mass is 19.4. The number of ether oxygens (including phenoxy) is 1. The van der Waals surface area contributed by atoms with Gasteiger partial charge in [-0.1, -0.05) is 6.58 Å². The predicted molar refractivity (Wildman–Crippen MR) is 109 cm³/mol. The summed E-state index contributed by atoms with van der Waals surface area (Å²) in [6.07, 6.45) is -7.93. The summed E-state index contributed by atoms with van der Waals surface area (Å²) in [4.78, 5) is 10.9. The van der Waals surface area contributed by atoms with Gasteiger partial charge in [-0.05, 0) is 6.92 Å². The number of carbonyl (C=O) groups excluding carboxylic acids is 1. The molecule has 2 nitrogen and oxygen atoms in total. The quantitative estimate of drug-likeness (QED) is 0.117. The van der Waals surface area contributed by atoms with Crippen LogP contribution >= 0.6 is 0 Å². The molecular formula is C22H5F35O2. The van der Waals surface area contributed by atoms with Crippen LogP contribution in [0.3, 0.4) is 0 Å². The predicted octanol–water partition coefficient (Wildman–Crippen LogP) is 11.6. The summed E-state index contributed by atoms with van der Waals surface area (Å²) >= 11 is 0. The molecular weight excluding hydrogens is 961 g/mol. The zero-order valence-electron chi connectivity index (χ0n) is 25.8. The van der Waals surface area contributed by atoms with Gasteiger partial charge in [0, 0.05) is 5.57 Å². The Bertz CT molecular complexity index is 1610. The second-order valence-electron chi connectivity index (χ2n) is 11.5. The van der Waals surface area contributed by atoms with Crippen LogP contribution in [0, 0.1) is 0 Å². The molecule has 1 rings (SSSR count). The minimum atomic E-state index is -11.2. The van der Waals surface area contributed by atoms with Crippen LogP contribution in [0.2, 0.25) is 0 Å². The lowest BCUT2D eigenvalue weighted by Gasteiger charge is -2.51. The molecule has 0 atom stereocenters. The molecule has 0 bridgehead atoms. The first-order valence-corrected chi connectivity index (χ1v) is 12.8. The van der Waals surface area contributed by atoms with Crippen molar-refractivity contribution < 1.29 is 163 Å². The molecule has 37 heteroatoms. The van der Waals surface area contributed by atoms with Crippen molar-refractivity contribution in [1.29, 1.82) is 0 Å². The third kappa shape index (κ3) is 5.42. The number of halogens is 35. The van der Waals surface area contributed by atoms with Gasteiger partial charge < -0.3 is 4.74 Å². The molecule has 1 saturated carbocycles. The van der Waals surface area contributed by atoms with Crippen molar-refractivity contribution in [3.8, 4) is 0 Å². The Kier molecular flexibility index (Phi) is 11.5. The Morgan fingerprint density at radius 2 is 0.542 bits per heavy atom. The summed E-state index contributed by atoms with van der Waals surface area (Å²) in [5.41, 5.74) is -12.9. The third-order valence-electron chi connectivity index (χ3n) is 7.75. The summed E-state index contributed by atoms with van der Waals surface area (Å²) < 4.78 is 495. The third-order valence-corrected chi connectivity index (χ3v) is 7.75. The highest BCUT2D eigenvalue weighted by molar-refractivity contribution is 5.87. The second kappa shape index (κ2) is 12.7. The molecule has 0 aromatic rings. The van der Waals surface area contributed by atoms with E-state index in [0.717, 1.165) is 0 Å². The summed E-state index contributed by atoms with van der Waals surface area (Å²) in [6, 6.07) is 0. The molecule has 1 aliphatic carbocycles. The summed E-state index contributed by atoms with van der Waals surface area (Å²) in [5, 5.41) is 0. The normalized spacial score (nSPS) is 24.6. The summed E-state index contributed by atoms with van der Waals surface area (Å²) in [5.74, 6) is -166. The molecule has 0 aromatic heterocycles. The van der Waals surface area contributed by atoms with Gasteiger partial charge in [0.1, 0.15) is 0 Å². The average molecular weight is 966 g/mol. The Balaban J connectivity index is 4.56. The van der Waals surface area contributed by atoms with Crippen molar-refractivity contribution in [1.82, 2.24) is 0 Å². The standard InChI is InChI=1S/C22H5F35O2/c1-3(2)4(58)59-22(56,57)21(54,55)20(52,53)19(50,51)18(48,49)17(46,47)14(40,41)11(34,35)8(28,29)5(23)6(24,25)9(30,31)12(36,37)15(42,43)16(44,45)13(38,39)10(32,33)7(5,26)27/h1H2,2H3. The Hall–Kier alpha value is -3.24. The maximum absolute atomic E-state index is 15.2. The van der Waals surface area contributed by atoms with Crippen LogP contribution in [-0.4, -0.2) is 113 Å². The van der Waals surface area contributed by atoms with Crippen molar-refractivity contribution in [2.45, 2.75) is 113 Å². The van der Waals surface area contributed by atoms with Crippen LogP contribution in [0.15, 0.2) is 12.2 Å². The Morgan fingerprint density at radius 1 is 0.356 bits per heavy atom. The van der Waals surface area contributed by atoms with E-state index in [9.17, 15) is 154 Å². The fourth-order valence-electron chi connectivity index (χ4n) is 4.06. The molecule has 350 valence electrons. The first kappa shape index (κ1) is 53.8. The Labute approximate surface area is 296 Å². The molecule has 0 amide bonds. The first-order chi connectivity index (χ1) is 24.8. The van der Waals surface area contributed by atoms with Crippen molar-refractivity contribution in [2.24, 2.45) is 0 Å². The lowest BCUT2D eigenvalue weighted by molar-refractivity contribution is -0.495. The molecule has 0 heterocycles. The second-order valence-corrected chi connectivity index (χ2v) is 11.5. The van der Waals surface area contributed by atoms with Crippen LogP contribution in [0.25, 0.3) is 0 Å². The van der Waals surface area contributed by atoms with E-state index in [-0.39, 0.29) is 6.92 Å².